The summed E-state index contributed by atoms with van der Waals surface area (Å²) in [5.74, 6) is -0.169. The largest absolute Gasteiger partial charge is 0.333 e. The van der Waals surface area contributed by atoms with Gasteiger partial charge < -0.3 is 4.90 Å². The SMILES string of the molecule is CCn1nc(C(=O)N(CCc2ccccc2)Cc2ccccc2)ccc1=O. The number of hydrogen-bond donors (Lipinski definition) is 0. The van der Waals surface area contributed by atoms with E-state index in [1.54, 1.807) is 4.90 Å². The molecule has 0 fully saturated rings. The summed E-state index contributed by atoms with van der Waals surface area (Å²) < 4.78 is 1.31. The Hall–Kier alpha value is -3.21. The molecule has 27 heavy (non-hydrogen) atoms. The van der Waals surface area contributed by atoms with Gasteiger partial charge in [0.15, 0.2) is 0 Å². The van der Waals surface area contributed by atoms with E-state index in [0.29, 0.717) is 25.3 Å². The van der Waals surface area contributed by atoms with Gasteiger partial charge in [-0.05, 0) is 30.5 Å². The summed E-state index contributed by atoms with van der Waals surface area (Å²) in [6.45, 7) is 3.34. The zero-order valence-electron chi connectivity index (χ0n) is 15.4. The molecule has 5 nitrogen and oxygen atoms in total. The van der Waals surface area contributed by atoms with Crippen LogP contribution in [0.15, 0.2) is 77.6 Å². The van der Waals surface area contributed by atoms with Crippen molar-refractivity contribution in [1.29, 1.82) is 0 Å². The van der Waals surface area contributed by atoms with Crippen LogP contribution in [-0.2, 0) is 19.5 Å². The summed E-state index contributed by atoms with van der Waals surface area (Å²) in [6, 6.07) is 22.9. The molecular weight excluding hydrogens is 338 g/mol. The Morgan fingerprint density at radius 1 is 0.926 bits per heavy atom. The van der Waals surface area contributed by atoms with Gasteiger partial charge in [0, 0.05) is 25.7 Å². The lowest BCUT2D eigenvalue weighted by atomic mass is 10.1. The molecule has 3 rings (SSSR count). The number of hydrogen-bond acceptors (Lipinski definition) is 3. The lowest BCUT2D eigenvalue weighted by molar-refractivity contribution is 0.0736. The first kappa shape index (κ1) is 18.6. The summed E-state index contributed by atoms with van der Waals surface area (Å²) in [7, 11) is 0. The van der Waals surface area contributed by atoms with E-state index >= 15 is 0 Å². The van der Waals surface area contributed by atoms with E-state index in [9.17, 15) is 9.59 Å². The second-order valence-corrected chi connectivity index (χ2v) is 6.32. The molecule has 0 saturated carbocycles. The first-order valence-electron chi connectivity index (χ1n) is 9.12. The van der Waals surface area contributed by atoms with E-state index in [-0.39, 0.29) is 11.5 Å². The number of rotatable bonds is 7. The minimum atomic E-state index is -0.201. The Bertz CT molecular complexity index is 937. The van der Waals surface area contributed by atoms with Crippen LogP contribution in [0.2, 0.25) is 0 Å². The molecule has 0 aliphatic rings. The highest BCUT2D eigenvalue weighted by Crippen LogP contribution is 2.10. The van der Waals surface area contributed by atoms with Crippen LogP contribution >= 0.6 is 0 Å². The third-order valence-corrected chi connectivity index (χ3v) is 4.40. The van der Waals surface area contributed by atoms with E-state index in [2.05, 4.69) is 17.2 Å². The second kappa shape index (κ2) is 8.94. The lowest BCUT2D eigenvalue weighted by Gasteiger charge is -2.23. The molecule has 1 heterocycles. The smallest absolute Gasteiger partial charge is 0.274 e. The fourth-order valence-electron chi connectivity index (χ4n) is 2.92. The van der Waals surface area contributed by atoms with Crippen molar-refractivity contribution in [3.05, 3.63) is 100.0 Å². The molecule has 3 aromatic rings. The summed E-state index contributed by atoms with van der Waals surface area (Å²) in [5, 5.41) is 4.22. The molecule has 0 bridgehead atoms. The molecule has 138 valence electrons. The normalized spacial score (nSPS) is 10.6. The van der Waals surface area contributed by atoms with Gasteiger partial charge in [0.2, 0.25) is 0 Å². The van der Waals surface area contributed by atoms with Gasteiger partial charge in [-0.25, -0.2) is 4.68 Å². The Kier molecular flexibility index (Phi) is 6.15. The number of carbonyl (C=O) groups is 1. The zero-order chi connectivity index (χ0) is 19.1. The van der Waals surface area contributed by atoms with Crippen LogP contribution in [0.3, 0.4) is 0 Å². The molecule has 0 spiro atoms. The monoisotopic (exact) mass is 361 g/mol. The average Bonchev–Trinajstić information content (AvgIpc) is 2.72. The van der Waals surface area contributed by atoms with Crippen molar-refractivity contribution in [2.24, 2.45) is 0 Å². The molecule has 1 aromatic heterocycles. The second-order valence-electron chi connectivity index (χ2n) is 6.32. The van der Waals surface area contributed by atoms with E-state index in [1.165, 1.54) is 22.4 Å². The van der Waals surface area contributed by atoms with E-state index in [4.69, 9.17) is 0 Å². The number of aromatic nitrogens is 2. The minimum absolute atomic E-state index is 0.169. The Balaban J connectivity index is 1.83. The van der Waals surface area contributed by atoms with Crippen LogP contribution in [0, 0.1) is 0 Å². The van der Waals surface area contributed by atoms with E-state index in [1.807, 2.05) is 55.5 Å². The molecule has 0 atom stereocenters. The van der Waals surface area contributed by atoms with Gasteiger partial charge in [-0.15, -0.1) is 0 Å². The van der Waals surface area contributed by atoms with Crippen LogP contribution < -0.4 is 5.56 Å². The van der Waals surface area contributed by atoms with Crippen LogP contribution in [0.25, 0.3) is 0 Å². The van der Waals surface area contributed by atoms with Crippen LogP contribution in [0.1, 0.15) is 28.5 Å². The first-order chi connectivity index (χ1) is 13.2. The van der Waals surface area contributed by atoms with Gasteiger partial charge in [0.05, 0.1) is 0 Å². The first-order valence-corrected chi connectivity index (χ1v) is 9.12. The van der Waals surface area contributed by atoms with Crippen molar-refractivity contribution >= 4 is 5.91 Å². The highest BCUT2D eigenvalue weighted by atomic mass is 16.2. The zero-order valence-corrected chi connectivity index (χ0v) is 15.4. The molecule has 0 N–H and O–H groups in total. The molecule has 0 radical (unpaired) electrons. The van der Waals surface area contributed by atoms with Crippen molar-refractivity contribution < 1.29 is 4.79 Å². The van der Waals surface area contributed by atoms with Gasteiger partial charge in [-0.3, -0.25) is 9.59 Å². The van der Waals surface area contributed by atoms with Crippen molar-refractivity contribution in [2.45, 2.75) is 26.4 Å². The number of aryl methyl sites for hydroxylation is 1. The molecule has 0 aliphatic carbocycles. The maximum Gasteiger partial charge on any atom is 0.274 e. The van der Waals surface area contributed by atoms with Crippen molar-refractivity contribution in [3.63, 3.8) is 0 Å². The molecule has 5 heteroatoms. The Morgan fingerprint density at radius 2 is 1.56 bits per heavy atom. The van der Waals surface area contributed by atoms with Gasteiger partial charge in [-0.1, -0.05) is 60.7 Å². The third-order valence-electron chi connectivity index (χ3n) is 4.40. The highest BCUT2D eigenvalue weighted by Gasteiger charge is 2.18. The molecule has 2 aromatic carbocycles. The molecule has 0 aliphatic heterocycles. The Labute approximate surface area is 158 Å². The van der Waals surface area contributed by atoms with Gasteiger partial charge in [0.1, 0.15) is 5.69 Å². The predicted molar refractivity (Wildman–Crippen MR) is 105 cm³/mol. The molecule has 0 unspecified atom stereocenters. The van der Waals surface area contributed by atoms with Crippen LogP contribution in [-0.4, -0.2) is 27.1 Å². The number of benzene rings is 2. The molecular formula is C22H23N3O2. The number of amides is 1. The van der Waals surface area contributed by atoms with Gasteiger partial charge in [-0.2, -0.15) is 5.10 Å². The van der Waals surface area contributed by atoms with Crippen molar-refractivity contribution in [2.75, 3.05) is 6.54 Å². The predicted octanol–water partition coefficient (Wildman–Crippen LogP) is 3.15. The summed E-state index contributed by atoms with van der Waals surface area (Å²) in [5.41, 5.74) is 2.32. The highest BCUT2D eigenvalue weighted by molar-refractivity contribution is 5.92. The van der Waals surface area contributed by atoms with Crippen molar-refractivity contribution in [3.8, 4) is 0 Å². The fraction of sp³-hybridized carbons (Fsp3) is 0.227. The minimum Gasteiger partial charge on any atom is -0.333 e. The molecule has 1 amide bonds. The quantitative estimate of drug-likeness (QED) is 0.650. The van der Waals surface area contributed by atoms with Crippen LogP contribution in [0.4, 0.5) is 0 Å². The van der Waals surface area contributed by atoms with E-state index in [0.717, 1.165) is 12.0 Å². The maximum absolute atomic E-state index is 13.1. The van der Waals surface area contributed by atoms with Gasteiger partial charge >= 0.3 is 0 Å². The Morgan fingerprint density at radius 3 is 2.19 bits per heavy atom. The van der Waals surface area contributed by atoms with Crippen molar-refractivity contribution in [1.82, 2.24) is 14.7 Å². The standard InChI is InChI=1S/C22H23N3O2/c1-2-25-21(26)14-13-20(23-25)22(27)24(17-19-11-7-4-8-12-19)16-15-18-9-5-3-6-10-18/h3-14H,2,15-17H2,1H3. The lowest BCUT2D eigenvalue weighted by Crippen LogP contribution is -2.35. The number of nitrogens with zero attached hydrogens (tertiary/aromatic N) is 3. The van der Waals surface area contributed by atoms with Gasteiger partial charge in [0.25, 0.3) is 11.5 Å². The summed E-state index contributed by atoms with van der Waals surface area (Å²) in [6.07, 6.45) is 0.757. The fourth-order valence-corrected chi connectivity index (χ4v) is 2.92. The van der Waals surface area contributed by atoms with E-state index < -0.39 is 0 Å². The molecule has 0 saturated heterocycles. The average molecular weight is 361 g/mol. The topological polar surface area (TPSA) is 55.2 Å². The van der Waals surface area contributed by atoms with Crippen LogP contribution in [0.5, 0.6) is 0 Å². The maximum atomic E-state index is 13.1. The number of carbonyl (C=O) groups excluding carboxylic acids is 1. The summed E-state index contributed by atoms with van der Waals surface area (Å²) >= 11 is 0. The summed E-state index contributed by atoms with van der Waals surface area (Å²) in [4.78, 5) is 26.7. The third kappa shape index (κ3) is 4.91.